The standard InChI is InChI=1S/C21H23ClN2O2/c1-23-14-21(9-8-19(23)25)10-12-24(13-11-21)20(26)17-6-2-5-16-15(17)4-3-7-18(16)22/h2-7H,8-14H2,1H3. The summed E-state index contributed by atoms with van der Waals surface area (Å²) in [5.41, 5.74) is 0.901. The lowest BCUT2D eigenvalue weighted by molar-refractivity contribution is -0.137. The Morgan fingerprint density at radius 2 is 1.73 bits per heavy atom. The minimum atomic E-state index is 0.0768. The maximum absolute atomic E-state index is 13.1. The Hall–Kier alpha value is -2.07. The lowest BCUT2D eigenvalue weighted by Crippen LogP contribution is -2.51. The second kappa shape index (κ2) is 6.58. The van der Waals surface area contributed by atoms with Crippen LogP contribution in [-0.4, -0.2) is 48.3 Å². The number of carbonyl (C=O) groups excluding carboxylic acids is 2. The number of fused-ring (bicyclic) bond motifs is 1. The number of nitrogens with zero attached hydrogens (tertiary/aromatic N) is 2. The van der Waals surface area contributed by atoms with Gasteiger partial charge in [0.25, 0.3) is 5.91 Å². The van der Waals surface area contributed by atoms with E-state index in [0.717, 1.165) is 55.2 Å². The van der Waals surface area contributed by atoms with E-state index in [4.69, 9.17) is 11.6 Å². The molecule has 4 nitrogen and oxygen atoms in total. The van der Waals surface area contributed by atoms with Crippen LogP contribution in [0.15, 0.2) is 36.4 Å². The first kappa shape index (κ1) is 17.3. The summed E-state index contributed by atoms with van der Waals surface area (Å²) in [6, 6.07) is 11.4. The van der Waals surface area contributed by atoms with Crippen LogP contribution in [0.2, 0.25) is 5.02 Å². The summed E-state index contributed by atoms with van der Waals surface area (Å²) in [6.07, 6.45) is 3.50. The highest BCUT2D eigenvalue weighted by Gasteiger charge is 2.40. The van der Waals surface area contributed by atoms with Crippen LogP contribution in [0.1, 0.15) is 36.0 Å². The smallest absolute Gasteiger partial charge is 0.254 e. The number of rotatable bonds is 1. The highest BCUT2D eigenvalue weighted by Crippen LogP contribution is 2.40. The van der Waals surface area contributed by atoms with Crippen molar-refractivity contribution in [2.24, 2.45) is 5.41 Å². The van der Waals surface area contributed by atoms with Crippen molar-refractivity contribution in [2.45, 2.75) is 25.7 Å². The molecule has 0 N–H and O–H groups in total. The van der Waals surface area contributed by atoms with E-state index in [1.807, 2.05) is 53.2 Å². The molecule has 1 spiro atoms. The Bertz CT molecular complexity index is 871. The fourth-order valence-corrected chi connectivity index (χ4v) is 4.69. The highest BCUT2D eigenvalue weighted by molar-refractivity contribution is 6.36. The van der Waals surface area contributed by atoms with Crippen molar-refractivity contribution < 1.29 is 9.59 Å². The average Bonchev–Trinajstić information content (AvgIpc) is 2.65. The van der Waals surface area contributed by atoms with Gasteiger partial charge < -0.3 is 9.80 Å². The Morgan fingerprint density at radius 1 is 1.04 bits per heavy atom. The van der Waals surface area contributed by atoms with Crippen LogP contribution in [0, 0.1) is 5.41 Å². The van der Waals surface area contributed by atoms with Gasteiger partial charge in [-0.1, -0.05) is 35.9 Å². The Morgan fingerprint density at radius 3 is 2.46 bits per heavy atom. The molecular weight excluding hydrogens is 348 g/mol. The molecule has 2 heterocycles. The van der Waals surface area contributed by atoms with Crippen molar-refractivity contribution in [1.29, 1.82) is 0 Å². The Balaban J connectivity index is 1.53. The third kappa shape index (κ3) is 2.96. The van der Waals surface area contributed by atoms with Crippen LogP contribution < -0.4 is 0 Å². The minimum absolute atomic E-state index is 0.0768. The maximum Gasteiger partial charge on any atom is 0.254 e. The van der Waals surface area contributed by atoms with Gasteiger partial charge in [-0.3, -0.25) is 9.59 Å². The summed E-state index contributed by atoms with van der Waals surface area (Å²) >= 11 is 6.29. The van der Waals surface area contributed by atoms with Crippen LogP contribution in [-0.2, 0) is 4.79 Å². The number of halogens is 1. The summed E-state index contributed by atoms with van der Waals surface area (Å²) in [6.45, 7) is 2.31. The average molecular weight is 371 g/mol. The second-order valence-electron chi connectivity index (χ2n) is 7.68. The molecule has 2 saturated heterocycles. The van der Waals surface area contributed by atoms with Crippen LogP contribution in [0.4, 0.5) is 0 Å². The molecule has 0 atom stereocenters. The summed E-state index contributed by atoms with van der Waals surface area (Å²) in [4.78, 5) is 28.7. The third-order valence-electron chi connectivity index (χ3n) is 6.08. The minimum Gasteiger partial charge on any atom is -0.345 e. The molecule has 2 aromatic rings. The van der Waals surface area contributed by atoms with Gasteiger partial charge in [0.2, 0.25) is 5.91 Å². The molecular formula is C21H23ClN2O2. The molecule has 0 unspecified atom stereocenters. The lowest BCUT2D eigenvalue weighted by atomic mass is 9.72. The molecule has 0 bridgehead atoms. The fraction of sp³-hybridized carbons (Fsp3) is 0.429. The molecule has 2 aromatic carbocycles. The molecule has 4 rings (SSSR count). The van der Waals surface area contributed by atoms with E-state index in [2.05, 4.69) is 0 Å². The molecule has 0 aliphatic carbocycles. The molecule has 2 aliphatic rings. The first-order valence-corrected chi connectivity index (χ1v) is 9.57. The number of hydrogen-bond acceptors (Lipinski definition) is 2. The van der Waals surface area contributed by atoms with Crippen molar-refractivity contribution in [3.05, 3.63) is 47.0 Å². The number of benzene rings is 2. The van der Waals surface area contributed by atoms with Gasteiger partial charge >= 0.3 is 0 Å². The second-order valence-corrected chi connectivity index (χ2v) is 8.09. The highest BCUT2D eigenvalue weighted by atomic mass is 35.5. The SMILES string of the molecule is CN1CC2(CCC1=O)CCN(C(=O)c1cccc3c(Cl)cccc13)CC2. The van der Waals surface area contributed by atoms with Crippen LogP contribution in [0.5, 0.6) is 0 Å². The van der Waals surface area contributed by atoms with E-state index in [1.165, 1.54) is 0 Å². The predicted molar refractivity (Wildman–Crippen MR) is 103 cm³/mol. The topological polar surface area (TPSA) is 40.6 Å². The number of amides is 2. The lowest BCUT2D eigenvalue weighted by Gasteiger charge is -2.46. The van der Waals surface area contributed by atoms with E-state index in [0.29, 0.717) is 11.4 Å². The number of likely N-dealkylation sites (tertiary alicyclic amines) is 2. The molecule has 2 amide bonds. The maximum atomic E-state index is 13.1. The quantitative estimate of drug-likeness (QED) is 0.762. The molecule has 2 fully saturated rings. The Labute approximate surface area is 158 Å². The molecule has 136 valence electrons. The fourth-order valence-electron chi connectivity index (χ4n) is 4.45. The van der Waals surface area contributed by atoms with Crippen molar-refractivity contribution in [2.75, 3.05) is 26.7 Å². The van der Waals surface area contributed by atoms with E-state index in [1.54, 1.807) is 0 Å². The molecule has 26 heavy (non-hydrogen) atoms. The van der Waals surface area contributed by atoms with Gasteiger partial charge in [-0.25, -0.2) is 0 Å². The zero-order valence-electron chi connectivity index (χ0n) is 15.0. The van der Waals surface area contributed by atoms with Crippen LogP contribution in [0.3, 0.4) is 0 Å². The summed E-state index contributed by atoms with van der Waals surface area (Å²) < 4.78 is 0. The Kier molecular flexibility index (Phi) is 4.39. The summed E-state index contributed by atoms with van der Waals surface area (Å²) in [7, 11) is 1.89. The molecule has 5 heteroatoms. The zero-order chi connectivity index (χ0) is 18.3. The third-order valence-corrected chi connectivity index (χ3v) is 6.41. The van der Waals surface area contributed by atoms with Crippen molar-refractivity contribution in [1.82, 2.24) is 9.80 Å². The molecule has 0 radical (unpaired) electrons. The van der Waals surface area contributed by atoms with Crippen LogP contribution >= 0.6 is 11.6 Å². The largest absolute Gasteiger partial charge is 0.345 e. The number of piperidine rings is 2. The van der Waals surface area contributed by atoms with Crippen molar-refractivity contribution in [3.63, 3.8) is 0 Å². The van der Waals surface area contributed by atoms with E-state index in [9.17, 15) is 9.59 Å². The summed E-state index contributed by atoms with van der Waals surface area (Å²) in [5.74, 6) is 0.315. The van der Waals surface area contributed by atoms with Crippen molar-refractivity contribution >= 4 is 34.2 Å². The van der Waals surface area contributed by atoms with Gasteiger partial charge in [0, 0.05) is 49.1 Å². The van der Waals surface area contributed by atoms with Gasteiger partial charge in [0.15, 0.2) is 0 Å². The molecule has 0 aromatic heterocycles. The number of hydrogen-bond donors (Lipinski definition) is 0. The van der Waals surface area contributed by atoms with Gasteiger partial charge in [-0.05, 0) is 42.2 Å². The first-order chi connectivity index (χ1) is 12.5. The van der Waals surface area contributed by atoms with E-state index in [-0.39, 0.29) is 17.2 Å². The van der Waals surface area contributed by atoms with E-state index < -0.39 is 0 Å². The summed E-state index contributed by atoms with van der Waals surface area (Å²) in [5, 5.41) is 2.50. The van der Waals surface area contributed by atoms with E-state index >= 15 is 0 Å². The first-order valence-electron chi connectivity index (χ1n) is 9.20. The normalized spacial score (nSPS) is 20.0. The van der Waals surface area contributed by atoms with Gasteiger partial charge in [-0.15, -0.1) is 0 Å². The zero-order valence-corrected chi connectivity index (χ0v) is 15.8. The van der Waals surface area contributed by atoms with Gasteiger partial charge in [0.1, 0.15) is 0 Å². The predicted octanol–water partition coefficient (Wildman–Crippen LogP) is 3.97. The van der Waals surface area contributed by atoms with Crippen LogP contribution in [0.25, 0.3) is 10.8 Å². The number of carbonyl (C=O) groups is 2. The van der Waals surface area contributed by atoms with Gasteiger partial charge in [-0.2, -0.15) is 0 Å². The monoisotopic (exact) mass is 370 g/mol. The van der Waals surface area contributed by atoms with Gasteiger partial charge in [0.05, 0.1) is 0 Å². The van der Waals surface area contributed by atoms with Crippen molar-refractivity contribution in [3.8, 4) is 0 Å². The molecule has 0 saturated carbocycles. The molecule has 2 aliphatic heterocycles.